The van der Waals surface area contributed by atoms with E-state index in [0.717, 1.165) is 43.7 Å². The first-order chi connectivity index (χ1) is 8.34. The molecule has 0 aromatic rings. The Morgan fingerprint density at radius 3 is 2.82 bits per heavy atom. The minimum Gasteiger partial charge on any atom is -0.379 e. The summed E-state index contributed by atoms with van der Waals surface area (Å²) in [6.45, 7) is 5.21. The summed E-state index contributed by atoms with van der Waals surface area (Å²) in [7, 11) is 0. The van der Waals surface area contributed by atoms with Crippen LogP contribution in [0.25, 0.3) is 0 Å². The van der Waals surface area contributed by atoms with Gasteiger partial charge >= 0.3 is 0 Å². The first kappa shape index (κ1) is 11.9. The summed E-state index contributed by atoms with van der Waals surface area (Å²) in [4.78, 5) is 0. The van der Waals surface area contributed by atoms with Crippen LogP contribution in [0.15, 0.2) is 0 Å². The number of hydrogen-bond acceptors (Lipinski definition) is 3. The van der Waals surface area contributed by atoms with Crippen LogP contribution in [-0.4, -0.2) is 37.9 Å². The third-order valence-electron chi connectivity index (χ3n) is 4.84. The van der Waals surface area contributed by atoms with Crippen molar-refractivity contribution in [2.75, 3.05) is 19.8 Å². The van der Waals surface area contributed by atoms with E-state index >= 15 is 0 Å². The summed E-state index contributed by atoms with van der Waals surface area (Å²) in [6.07, 6.45) is 7.00. The molecular weight excluding hydrogens is 212 g/mol. The van der Waals surface area contributed by atoms with E-state index in [9.17, 15) is 0 Å². The van der Waals surface area contributed by atoms with Gasteiger partial charge in [-0.05, 0) is 44.4 Å². The van der Waals surface area contributed by atoms with Crippen molar-refractivity contribution in [3.63, 3.8) is 0 Å². The van der Waals surface area contributed by atoms with Crippen LogP contribution in [0.4, 0.5) is 0 Å². The van der Waals surface area contributed by atoms with Gasteiger partial charge in [0.1, 0.15) is 0 Å². The van der Waals surface area contributed by atoms with Gasteiger partial charge in [-0.3, -0.25) is 0 Å². The van der Waals surface area contributed by atoms with Gasteiger partial charge < -0.3 is 15.4 Å². The van der Waals surface area contributed by atoms with Crippen molar-refractivity contribution < 1.29 is 4.74 Å². The fourth-order valence-corrected chi connectivity index (χ4v) is 3.61. The molecule has 98 valence electrons. The molecule has 2 N–H and O–H groups in total. The van der Waals surface area contributed by atoms with Gasteiger partial charge in [-0.15, -0.1) is 0 Å². The molecule has 4 unspecified atom stereocenters. The lowest BCUT2D eigenvalue weighted by Crippen LogP contribution is -2.52. The monoisotopic (exact) mass is 238 g/mol. The molecule has 0 aromatic heterocycles. The molecule has 0 aromatic carbocycles. The van der Waals surface area contributed by atoms with Crippen LogP contribution < -0.4 is 10.6 Å². The summed E-state index contributed by atoms with van der Waals surface area (Å²) in [5.41, 5.74) is 0. The third-order valence-corrected chi connectivity index (χ3v) is 4.84. The Bertz CT molecular complexity index is 249. The summed E-state index contributed by atoms with van der Waals surface area (Å²) < 4.78 is 5.62. The second-order valence-corrected chi connectivity index (χ2v) is 6.13. The number of morpholine rings is 1. The predicted octanol–water partition coefficient (Wildman–Crippen LogP) is 1.53. The van der Waals surface area contributed by atoms with Crippen molar-refractivity contribution in [3.8, 4) is 0 Å². The standard InChI is InChI=1S/C14H26N2O/c1-10(11-5-6-11)16-13-4-2-3-12(13)14-9-17-8-7-15-14/h10-16H,2-9H2,1H3. The minimum atomic E-state index is 0.593. The SMILES string of the molecule is CC(NC1CCCC1C1COCCN1)C1CC1. The van der Waals surface area contributed by atoms with Crippen molar-refractivity contribution >= 4 is 0 Å². The van der Waals surface area contributed by atoms with E-state index in [2.05, 4.69) is 17.6 Å². The van der Waals surface area contributed by atoms with Crippen LogP contribution in [0.2, 0.25) is 0 Å². The average molecular weight is 238 g/mol. The molecule has 0 radical (unpaired) electrons. The molecule has 3 aliphatic rings. The third kappa shape index (κ3) is 2.83. The van der Waals surface area contributed by atoms with Crippen molar-refractivity contribution in [3.05, 3.63) is 0 Å². The summed E-state index contributed by atoms with van der Waals surface area (Å²) in [6, 6.07) is 2.05. The molecule has 2 aliphatic carbocycles. The molecule has 1 heterocycles. The van der Waals surface area contributed by atoms with Crippen LogP contribution in [0.5, 0.6) is 0 Å². The van der Waals surface area contributed by atoms with E-state index < -0.39 is 0 Å². The minimum absolute atomic E-state index is 0.593. The molecule has 2 saturated carbocycles. The Labute approximate surface area is 105 Å². The summed E-state index contributed by atoms with van der Waals surface area (Å²) >= 11 is 0. The fraction of sp³-hybridized carbons (Fsp3) is 1.00. The van der Waals surface area contributed by atoms with Gasteiger partial charge in [-0.1, -0.05) is 6.42 Å². The molecule has 1 saturated heterocycles. The topological polar surface area (TPSA) is 33.3 Å². The average Bonchev–Trinajstić information content (AvgIpc) is 3.12. The molecule has 1 aliphatic heterocycles. The highest BCUT2D eigenvalue weighted by molar-refractivity contribution is 4.95. The highest BCUT2D eigenvalue weighted by atomic mass is 16.5. The lowest BCUT2D eigenvalue weighted by molar-refractivity contribution is 0.0516. The quantitative estimate of drug-likeness (QED) is 0.779. The predicted molar refractivity (Wildman–Crippen MR) is 69.1 cm³/mol. The van der Waals surface area contributed by atoms with E-state index in [4.69, 9.17) is 4.74 Å². The molecule has 3 nitrogen and oxygen atoms in total. The Morgan fingerprint density at radius 1 is 1.24 bits per heavy atom. The molecule has 0 bridgehead atoms. The summed E-state index contributed by atoms with van der Waals surface area (Å²) in [5, 5.41) is 7.54. The van der Waals surface area contributed by atoms with E-state index in [1.54, 1.807) is 0 Å². The normalized spacial score (nSPS) is 40.4. The van der Waals surface area contributed by atoms with E-state index in [1.807, 2.05) is 0 Å². The zero-order valence-corrected chi connectivity index (χ0v) is 11.0. The molecule has 3 fully saturated rings. The van der Waals surface area contributed by atoms with Crippen molar-refractivity contribution in [2.45, 2.75) is 57.2 Å². The van der Waals surface area contributed by atoms with Crippen LogP contribution in [0.1, 0.15) is 39.0 Å². The van der Waals surface area contributed by atoms with E-state index in [0.29, 0.717) is 6.04 Å². The maximum Gasteiger partial charge on any atom is 0.0623 e. The van der Waals surface area contributed by atoms with Gasteiger partial charge in [0.25, 0.3) is 0 Å². The van der Waals surface area contributed by atoms with Crippen LogP contribution >= 0.6 is 0 Å². The van der Waals surface area contributed by atoms with Crippen molar-refractivity contribution in [1.29, 1.82) is 0 Å². The van der Waals surface area contributed by atoms with Gasteiger partial charge in [-0.2, -0.15) is 0 Å². The Morgan fingerprint density at radius 2 is 2.12 bits per heavy atom. The van der Waals surface area contributed by atoms with Crippen LogP contribution in [0, 0.1) is 11.8 Å². The van der Waals surface area contributed by atoms with Gasteiger partial charge in [0, 0.05) is 24.7 Å². The molecule has 3 rings (SSSR count). The number of ether oxygens (including phenoxy) is 1. The molecular formula is C14H26N2O. The highest BCUT2D eigenvalue weighted by Gasteiger charge is 2.37. The Hall–Kier alpha value is -0.120. The van der Waals surface area contributed by atoms with Gasteiger partial charge in [0.15, 0.2) is 0 Å². The Balaban J connectivity index is 1.54. The second-order valence-electron chi connectivity index (χ2n) is 6.13. The van der Waals surface area contributed by atoms with Gasteiger partial charge in [0.05, 0.1) is 13.2 Å². The molecule has 4 atom stereocenters. The Kier molecular flexibility index (Phi) is 3.69. The number of rotatable bonds is 4. The van der Waals surface area contributed by atoms with E-state index in [1.165, 1.54) is 32.1 Å². The van der Waals surface area contributed by atoms with Crippen LogP contribution in [0.3, 0.4) is 0 Å². The van der Waals surface area contributed by atoms with Gasteiger partial charge in [-0.25, -0.2) is 0 Å². The molecule has 0 amide bonds. The molecule has 17 heavy (non-hydrogen) atoms. The highest BCUT2D eigenvalue weighted by Crippen LogP contribution is 2.35. The first-order valence-corrected chi connectivity index (χ1v) is 7.42. The number of nitrogens with one attached hydrogen (secondary N) is 2. The molecule has 0 spiro atoms. The zero-order chi connectivity index (χ0) is 11.7. The van der Waals surface area contributed by atoms with Crippen molar-refractivity contribution in [1.82, 2.24) is 10.6 Å². The lowest BCUT2D eigenvalue weighted by Gasteiger charge is -2.34. The zero-order valence-electron chi connectivity index (χ0n) is 11.0. The maximum atomic E-state index is 5.62. The first-order valence-electron chi connectivity index (χ1n) is 7.42. The smallest absolute Gasteiger partial charge is 0.0623 e. The lowest BCUT2D eigenvalue weighted by atomic mass is 9.93. The largest absolute Gasteiger partial charge is 0.379 e. The van der Waals surface area contributed by atoms with Crippen LogP contribution in [-0.2, 0) is 4.74 Å². The van der Waals surface area contributed by atoms with Crippen molar-refractivity contribution in [2.24, 2.45) is 11.8 Å². The molecule has 3 heteroatoms. The summed E-state index contributed by atoms with van der Waals surface area (Å²) in [5.74, 6) is 1.75. The fourth-order valence-electron chi connectivity index (χ4n) is 3.61. The second kappa shape index (κ2) is 5.25. The maximum absolute atomic E-state index is 5.62. The number of hydrogen-bond donors (Lipinski definition) is 2. The van der Waals surface area contributed by atoms with E-state index in [-0.39, 0.29) is 0 Å². The van der Waals surface area contributed by atoms with Gasteiger partial charge in [0.2, 0.25) is 0 Å².